The lowest BCUT2D eigenvalue weighted by atomic mass is 10.2. The fourth-order valence-corrected chi connectivity index (χ4v) is 1.54. The molecule has 0 aliphatic heterocycles. The summed E-state index contributed by atoms with van der Waals surface area (Å²) < 4.78 is 24.0. The van der Waals surface area contributed by atoms with Crippen LogP contribution in [0, 0.1) is 0 Å². The molecule has 0 N–H and O–H groups in total. The molecule has 0 aliphatic rings. The summed E-state index contributed by atoms with van der Waals surface area (Å²) in [6.45, 7) is 0. The molecular formula is C10H11F2NOS. The number of halogens is 2. The molecule has 0 unspecified atom stereocenters. The molecule has 82 valence electrons. The van der Waals surface area contributed by atoms with E-state index in [1.807, 2.05) is 0 Å². The number of benzene rings is 1. The smallest absolute Gasteiger partial charge is 0.288 e. The van der Waals surface area contributed by atoms with Crippen molar-refractivity contribution in [3.8, 4) is 0 Å². The average molecular weight is 231 g/mol. The highest BCUT2D eigenvalue weighted by atomic mass is 32.2. The normalized spacial score (nSPS) is 10.5. The number of nitrogens with zero attached hydrogens (tertiary/aromatic N) is 1. The number of hydrogen-bond acceptors (Lipinski definition) is 2. The lowest BCUT2D eigenvalue weighted by Crippen LogP contribution is -2.21. The van der Waals surface area contributed by atoms with E-state index in [9.17, 15) is 13.6 Å². The lowest BCUT2D eigenvalue weighted by Gasteiger charge is -2.10. The van der Waals surface area contributed by atoms with Gasteiger partial charge in [0.05, 0.1) is 0 Å². The van der Waals surface area contributed by atoms with Crippen LogP contribution < -0.4 is 0 Å². The summed E-state index contributed by atoms with van der Waals surface area (Å²) in [6.07, 6.45) is 0. The standard InChI is InChI=1S/C10H11F2NOS/c1-13(2)9(14)7-3-5-8(6-4-7)15-10(11)12/h3-6,10H,1-2H3. The zero-order valence-corrected chi connectivity index (χ0v) is 9.22. The third-order valence-electron chi connectivity index (χ3n) is 1.73. The van der Waals surface area contributed by atoms with Gasteiger partial charge in [0.25, 0.3) is 11.7 Å². The van der Waals surface area contributed by atoms with Crippen molar-refractivity contribution in [1.82, 2.24) is 4.90 Å². The number of thioether (sulfide) groups is 1. The van der Waals surface area contributed by atoms with Gasteiger partial charge in [-0.3, -0.25) is 4.79 Å². The van der Waals surface area contributed by atoms with Crippen LogP contribution in [0.1, 0.15) is 10.4 Å². The highest BCUT2D eigenvalue weighted by molar-refractivity contribution is 7.99. The van der Waals surface area contributed by atoms with Gasteiger partial charge in [-0.1, -0.05) is 11.8 Å². The topological polar surface area (TPSA) is 20.3 Å². The van der Waals surface area contributed by atoms with Crippen molar-refractivity contribution in [2.75, 3.05) is 14.1 Å². The highest BCUT2D eigenvalue weighted by Gasteiger charge is 2.09. The third kappa shape index (κ3) is 3.51. The maximum absolute atomic E-state index is 12.0. The summed E-state index contributed by atoms with van der Waals surface area (Å²) in [5.41, 5.74) is 0.499. The van der Waals surface area contributed by atoms with E-state index in [4.69, 9.17) is 0 Å². The molecule has 0 radical (unpaired) electrons. The van der Waals surface area contributed by atoms with Crippen molar-refractivity contribution in [1.29, 1.82) is 0 Å². The van der Waals surface area contributed by atoms with Gasteiger partial charge in [0, 0.05) is 24.6 Å². The Morgan fingerprint density at radius 3 is 2.20 bits per heavy atom. The van der Waals surface area contributed by atoms with Crippen LogP contribution in [0.4, 0.5) is 8.78 Å². The van der Waals surface area contributed by atoms with Gasteiger partial charge in [0.2, 0.25) is 0 Å². The maximum atomic E-state index is 12.0. The van der Waals surface area contributed by atoms with Gasteiger partial charge in [0.1, 0.15) is 0 Å². The summed E-state index contributed by atoms with van der Waals surface area (Å²) in [5.74, 6) is -2.57. The van der Waals surface area contributed by atoms with Crippen LogP contribution in [-0.2, 0) is 0 Å². The number of carbonyl (C=O) groups excluding carboxylic acids is 1. The minimum Gasteiger partial charge on any atom is -0.345 e. The Labute approximate surface area is 91.3 Å². The van der Waals surface area contributed by atoms with Crippen LogP contribution in [0.2, 0.25) is 0 Å². The second kappa shape index (κ2) is 5.11. The molecule has 1 rings (SSSR count). The first-order valence-corrected chi connectivity index (χ1v) is 5.15. The Morgan fingerprint density at radius 2 is 1.80 bits per heavy atom. The molecule has 0 aromatic heterocycles. The Balaban J connectivity index is 2.76. The first-order valence-electron chi connectivity index (χ1n) is 4.27. The Hall–Kier alpha value is -1.10. The molecule has 0 saturated carbocycles. The van der Waals surface area contributed by atoms with E-state index in [0.29, 0.717) is 22.2 Å². The molecule has 0 heterocycles. The number of rotatable bonds is 3. The summed E-state index contributed by atoms with van der Waals surface area (Å²) in [4.78, 5) is 13.3. The predicted octanol–water partition coefficient (Wildman–Crippen LogP) is 2.70. The molecule has 1 aromatic carbocycles. The molecule has 15 heavy (non-hydrogen) atoms. The second-order valence-electron chi connectivity index (χ2n) is 3.10. The molecule has 1 aromatic rings. The van der Waals surface area contributed by atoms with Gasteiger partial charge in [-0.15, -0.1) is 0 Å². The number of hydrogen-bond donors (Lipinski definition) is 0. The summed E-state index contributed by atoms with van der Waals surface area (Å²) >= 11 is 0.469. The van der Waals surface area contributed by atoms with Crippen LogP contribution in [0.3, 0.4) is 0 Å². The Bertz CT molecular complexity index is 338. The number of carbonyl (C=O) groups is 1. The van der Waals surface area contributed by atoms with Crippen molar-refractivity contribution in [2.45, 2.75) is 10.7 Å². The van der Waals surface area contributed by atoms with Gasteiger partial charge in [-0.25, -0.2) is 0 Å². The lowest BCUT2D eigenvalue weighted by molar-refractivity contribution is 0.0827. The van der Waals surface area contributed by atoms with Crippen LogP contribution in [0.15, 0.2) is 29.2 Å². The van der Waals surface area contributed by atoms with E-state index >= 15 is 0 Å². The van der Waals surface area contributed by atoms with Crippen molar-refractivity contribution < 1.29 is 13.6 Å². The molecule has 5 heteroatoms. The average Bonchev–Trinajstić information content (AvgIpc) is 2.17. The fraction of sp³-hybridized carbons (Fsp3) is 0.300. The molecule has 1 amide bonds. The van der Waals surface area contributed by atoms with Crippen molar-refractivity contribution >= 4 is 17.7 Å². The van der Waals surface area contributed by atoms with Crippen LogP contribution in [0.25, 0.3) is 0 Å². The van der Waals surface area contributed by atoms with Gasteiger partial charge in [0.15, 0.2) is 0 Å². The quantitative estimate of drug-likeness (QED) is 0.745. The van der Waals surface area contributed by atoms with E-state index in [1.165, 1.54) is 17.0 Å². The largest absolute Gasteiger partial charge is 0.345 e. The molecule has 0 saturated heterocycles. The van der Waals surface area contributed by atoms with Crippen molar-refractivity contribution in [2.24, 2.45) is 0 Å². The predicted molar refractivity (Wildman–Crippen MR) is 56.3 cm³/mol. The summed E-state index contributed by atoms with van der Waals surface area (Å²) in [6, 6.07) is 6.14. The van der Waals surface area contributed by atoms with Crippen LogP contribution in [0.5, 0.6) is 0 Å². The first kappa shape index (κ1) is 12.0. The van der Waals surface area contributed by atoms with Crippen LogP contribution >= 0.6 is 11.8 Å². The van der Waals surface area contributed by atoms with E-state index in [-0.39, 0.29) is 5.91 Å². The maximum Gasteiger partial charge on any atom is 0.288 e. The van der Waals surface area contributed by atoms with Crippen LogP contribution in [-0.4, -0.2) is 30.7 Å². The fourth-order valence-electron chi connectivity index (χ4n) is 1.04. The first-order chi connectivity index (χ1) is 7.00. The zero-order valence-electron chi connectivity index (χ0n) is 8.41. The minimum atomic E-state index is -2.43. The SMILES string of the molecule is CN(C)C(=O)c1ccc(SC(F)F)cc1. The minimum absolute atomic E-state index is 0.136. The second-order valence-corrected chi connectivity index (χ2v) is 4.17. The molecule has 2 nitrogen and oxygen atoms in total. The van der Waals surface area contributed by atoms with E-state index in [2.05, 4.69) is 0 Å². The molecule has 0 spiro atoms. The molecule has 0 atom stereocenters. The molecule has 0 bridgehead atoms. The third-order valence-corrected chi connectivity index (χ3v) is 2.46. The summed E-state index contributed by atoms with van der Waals surface area (Å²) in [7, 11) is 3.29. The number of alkyl halides is 2. The van der Waals surface area contributed by atoms with E-state index in [1.54, 1.807) is 26.2 Å². The Morgan fingerprint density at radius 1 is 1.27 bits per heavy atom. The van der Waals surface area contributed by atoms with Gasteiger partial charge in [-0.05, 0) is 24.3 Å². The molecular weight excluding hydrogens is 220 g/mol. The highest BCUT2D eigenvalue weighted by Crippen LogP contribution is 2.25. The molecule has 0 aliphatic carbocycles. The summed E-state index contributed by atoms with van der Waals surface area (Å²) in [5, 5.41) is 0. The van der Waals surface area contributed by atoms with Crippen molar-refractivity contribution in [3.05, 3.63) is 29.8 Å². The zero-order chi connectivity index (χ0) is 11.4. The molecule has 0 fully saturated rings. The van der Waals surface area contributed by atoms with Gasteiger partial charge in [-0.2, -0.15) is 8.78 Å². The van der Waals surface area contributed by atoms with E-state index < -0.39 is 5.76 Å². The van der Waals surface area contributed by atoms with Crippen molar-refractivity contribution in [3.63, 3.8) is 0 Å². The van der Waals surface area contributed by atoms with E-state index in [0.717, 1.165) is 0 Å². The number of amides is 1. The van der Waals surface area contributed by atoms with Gasteiger partial charge < -0.3 is 4.90 Å². The monoisotopic (exact) mass is 231 g/mol. The Kier molecular flexibility index (Phi) is 4.08. The van der Waals surface area contributed by atoms with Gasteiger partial charge >= 0.3 is 0 Å².